The zero-order chi connectivity index (χ0) is 20.5. The number of carboxylic acids is 1. The minimum absolute atomic E-state index is 0.0357. The van der Waals surface area contributed by atoms with Gasteiger partial charge in [0.15, 0.2) is 0 Å². The van der Waals surface area contributed by atoms with Crippen LogP contribution in [0.3, 0.4) is 0 Å². The van der Waals surface area contributed by atoms with Crippen molar-refractivity contribution in [2.24, 2.45) is 0 Å². The molecule has 1 aromatic carbocycles. The van der Waals surface area contributed by atoms with E-state index in [0.29, 0.717) is 17.0 Å². The zero-order valence-electron chi connectivity index (χ0n) is 15.5. The molecule has 0 bridgehead atoms. The zero-order valence-corrected chi connectivity index (χ0v) is 16.3. The van der Waals surface area contributed by atoms with Crippen LogP contribution in [0.25, 0.3) is 11.3 Å². The molecule has 146 valence electrons. The van der Waals surface area contributed by atoms with E-state index in [1.807, 2.05) is 18.2 Å². The molecule has 8 nitrogen and oxygen atoms in total. The molecule has 1 unspecified atom stereocenters. The van der Waals surface area contributed by atoms with E-state index in [2.05, 4.69) is 15.8 Å². The van der Waals surface area contributed by atoms with Gasteiger partial charge < -0.3 is 20.3 Å². The Kier molecular flexibility index (Phi) is 5.28. The van der Waals surface area contributed by atoms with Gasteiger partial charge in [-0.1, -0.05) is 47.3 Å². The van der Waals surface area contributed by atoms with E-state index in [1.54, 1.807) is 32.9 Å². The molecule has 2 aromatic rings. The van der Waals surface area contributed by atoms with Gasteiger partial charge in [-0.05, 0) is 20.8 Å². The van der Waals surface area contributed by atoms with Crippen LogP contribution in [0.1, 0.15) is 30.0 Å². The molecule has 3 N–H and O–H groups in total. The minimum atomic E-state index is -1.09. The number of carboxylic acid groups (broad SMARTS) is 1. The molecule has 1 aromatic heterocycles. The molecule has 2 heterocycles. The van der Waals surface area contributed by atoms with Crippen molar-refractivity contribution in [2.75, 3.05) is 0 Å². The third kappa shape index (κ3) is 3.79. The topological polar surface area (TPSA) is 122 Å². The summed E-state index contributed by atoms with van der Waals surface area (Å²) in [6, 6.07) is 8.06. The number of nitrogens with zero attached hydrogens (tertiary/aromatic N) is 1. The van der Waals surface area contributed by atoms with E-state index in [4.69, 9.17) is 4.52 Å². The molecule has 0 fully saturated rings. The van der Waals surface area contributed by atoms with Crippen molar-refractivity contribution < 1.29 is 24.0 Å². The van der Waals surface area contributed by atoms with E-state index in [1.165, 1.54) is 6.20 Å². The van der Waals surface area contributed by atoms with Crippen molar-refractivity contribution in [3.05, 3.63) is 53.6 Å². The minimum Gasteiger partial charge on any atom is -0.480 e. The Bertz CT molecular complexity index is 965. The molecule has 0 saturated carbocycles. The summed E-state index contributed by atoms with van der Waals surface area (Å²) >= 11 is 0.849. The van der Waals surface area contributed by atoms with Crippen molar-refractivity contribution >= 4 is 28.8 Å². The first-order valence-corrected chi connectivity index (χ1v) is 9.28. The summed E-state index contributed by atoms with van der Waals surface area (Å²) in [7, 11) is 0. The monoisotopic (exact) mass is 401 g/mol. The SMILES string of the molecule is Cc1onc(-c2ccccc2)c1C(=O)NC1=CNC(C(=O)O)C(C)(C)SC1=O. The van der Waals surface area contributed by atoms with Crippen molar-refractivity contribution in [1.29, 1.82) is 0 Å². The van der Waals surface area contributed by atoms with Gasteiger partial charge in [0, 0.05) is 16.5 Å². The Morgan fingerprint density at radius 1 is 1.29 bits per heavy atom. The van der Waals surface area contributed by atoms with Crippen LogP contribution in [0.15, 0.2) is 46.8 Å². The molecule has 0 saturated heterocycles. The molecule has 28 heavy (non-hydrogen) atoms. The lowest BCUT2D eigenvalue weighted by Crippen LogP contribution is -2.47. The smallest absolute Gasteiger partial charge is 0.327 e. The number of aromatic nitrogens is 1. The predicted molar refractivity (Wildman–Crippen MR) is 103 cm³/mol. The quantitative estimate of drug-likeness (QED) is 0.714. The normalized spacial score (nSPS) is 18.6. The highest BCUT2D eigenvalue weighted by Crippen LogP contribution is 2.33. The maximum absolute atomic E-state index is 12.9. The van der Waals surface area contributed by atoms with Crippen LogP contribution in [0.2, 0.25) is 0 Å². The fourth-order valence-corrected chi connectivity index (χ4v) is 3.84. The van der Waals surface area contributed by atoms with Crippen LogP contribution >= 0.6 is 11.8 Å². The number of aryl methyl sites for hydroxylation is 1. The summed E-state index contributed by atoms with van der Waals surface area (Å²) < 4.78 is 4.27. The second-order valence-corrected chi connectivity index (χ2v) is 8.40. The Balaban J connectivity index is 1.89. The number of rotatable bonds is 4. The summed E-state index contributed by atoms with van der Waals surface area (Å²) in [4.78, 5) is 36.9. The number of amides is 1. The third-order valence-electron chi connectivity index (χ3n) is 4.30. The van der Waals surface area contributed by atoms with E-state index in [9.17, 15) is 19.5 Å². The van der Waals surface area contributed by atoms with E-state index < -0.39 is 27.8 Å². The molecule has 1 amide bonds. The summed E-state index contributed by atoms with van der Waals surface area (Å²) in [6.45, 7) is 4.91. The molecule has 1 aliphatic rings. The summed E-state index contributed by atoms with van der Waals surface area (Å²) in [5.74, 6) is -1.34. The highest BCUT2D eigenvalue weighted by molar-refractivity contribution is 8.15. The maximum atomic E-state index is 12.9. The Hall–Kier alpha value is -3.07. The van der Waals surface area contributed by atoms with Gasteiger partial charge in [0.2, 0.25) is 5.12 Å². The van der Waals surface area contributed by atoms with E-state index in [0.717, 1.165) is 11.8 Å². The van der Waals surface area contributed by atoms with Gasteiger partial charge in [-0.15, -0.1) is 0 Å². The maximum Gasteiger partial charge on any atom is 0.327 e. The van der Waals surface area contributed by atoms with Crippen molar-refractivity contribution in [2.45, 2.75) is 31.6 Å². The molecule has 9 heteroatoms. The first-order chi connectivity index (χ1) is 13.2. The lowest BCUT2D eigenvalue weighted by atomic mass is 10.0. The lowest BCUT2D eigenvalue weighted by molar-refractivity contribution is -0.139. The fourth-order valence-electron chi connectivity index (χ4n) is 2.85. The number of benzene rings is 1. The number of aliphatic carboxylic acids is 1. The third-order valence-corrected chi connectivity index (χ3v) is 5.46. The first-order valence-electron chi connectivity index (χ1n) is 8.46. The number of nitrogens with one attached hydrogen (secondary N) is 2. The standard InChI is InChI=1S/C19H19N3O5S/c1-10-13(14(22-27-10)11-7-5-4-6-8-11)16(23)21-12-9-20-15(17(24)25)19(2,3)28-18(12)26/h4-9,15,20H,1-3H3,(H,21,23)(H,24,25). The lowest BCUT2D eigenvalue weighted by Gasteiger charge is -2.27. The van der Waals surface area contributed by atoms with Gasteiger partial charge in [0.25, 0.3) is 5.91 Å². The number of carbonyl (C=O) groups is 3. The van der Waals surface area contributed by atoms with Crippen LogP contribution in [0.5, 0.6) is 0 Å². The van der Waals surface area contributed by atoms with Crippen molar-refractivity contribution in [3.63, 3.8) is 0 Å². The number of hydrogen-bond acceptors (Lipinski definition) is 7. The molecule has 0 aliphatic carbocycles. The van der Waals surface area contributed by atoms with Crippen molar-refractivity contribution in [3.8, 4) is 11.3 Å². The van der Waals surface area contributed by atoms with Crippen LogP contribution in [-0.4, -0.2) is 38.0 Å². The van der Waals surface area contributed by atoms with Crippen LogP contribution in [0.4, 0.5) is 0 Å². The highest BCUT2D eigenvalue weighted by Gasteiger charge is 2.40. The van der Waals surface area contributed by atoms with Gasteiger partial charge in [-0.3, -0.25) is 9.59 Å². The molecular formula is C19H19N3O5S. The highest BCUT2D eigenvalue weighted by atomic mass is 32.2. The molecule has 3 rings (SSSR count). The van der Waals surface area contributed by atoms with Crippen LogP contribution < -0.4 is 10.6 Å². The molecule has 1 aliphatic heterocycles. The Morgan fingerprint density at radius 2 is 1.96 bits per heavy atom. The fraction of sp³-hybridized carbons (Fsp3) is 0.263. The summed E-state index contributed by atoms with van der Waals surface area (Å²) in [5, 5.41) is 18.2. The average molecular weight is 401 g/mol. The second-order valence-electron chi connectivity index (χ2n) is 6.77. The number of thioether (sulfide) groups is 1. The van der Waals surface area contributed by atoms with E-state index in [-0.39, 0.29) is 11.3 Å². The van der Waals surface area contributed by atoms with Gasteiger partial charge in [-0.25, -0.2) is 4.79 Å². The average Bonchev–Trinajstić information content (AvgIpc) is 2.97. The Morgan fingerprint density at radius 3 is 2.61 bits per heavy atom. The number of hydrogen-bond donors (Lipinski definition) is 3. The first kappa shape index (κ1) is 19.7. The summed E-state index contributed by atoms with van der Waals surface area (Å²) in [5.41, 5.74) is 1.24. The molecular weight excluding hydrogens is 382 g/mol. The van der Waals surface area contributed by atoms with E-state index >= 15 is 0 Å². The van der Waals surface area contributed by atoms with Gasteiger partial charge >= 0.3 is 5.97 Å². The van der Waals surface area contributed by atoms with Gasteiger partial charge in [0.1, 0.15) is 28.8 Å². The van der Waals surface area contributed by atoms with Crippen LogP contribution in [0, 0.1) is 6.92 Å². The molecule has 0 spiro atoms. The molecule has 1 atom stereocenters. The van der Waals surface area contributed by atoms with Crippen molar-refractivity contribution in [1.82, 2.24) is 15.8 Å². The summed E-state index contributed by atoms with van der Waals surface area (Å²) in [6.07, 6.45) is 1.23. The largest absolute Gasteiger partial charge is 0.480 e. The second kappa shape index (κ2) is 7.51. The number of carbonyl (C=O) groups excluding carboxylic acids is 2. The Labute approximate surface area is 165 Å². The predicted octanol–water partition coefficient (Wildman–Crippen LogP) is 2.32. The molecule has 0 radical (unpaired) electrons. The van der Waals surface area contributed by atoms with Gasteiger partial charge in [-0.2, -0.15) is 0 Å². The van der Waals surface area contributed by atoms with Crippen LogP contribution in [-0.2, 0) is 9.59 Å². The van der Waals surface area contributed by atoms with Gasteiger partial charge in [0.05, 0.1) is 0 Å².